The number of rotatable bonds is 4. The van der Waals surface area contributed by atoms with E-state index in [1.807, 2.05) is 49.4 Å². The second kappa shape index (κ2) is 7.02. The van der Waals surface area contributed by atoms with Gasteiger partial charge in [0.2, 0.25) is 5.91 Å². The number of hydrogen-bond acceptors (Lipinski definition) is 4. The monoisotopic (exact) mass is 387 g/mol. The number of nitrogens with zero attached hydrogens (tertiary/aromatic N) is 2. The molecule has 0 radical (unpaired) electrons. The molecule has 0 aliphatic heterocycles. The first-order valence-electron chi connectivity index (χ1n) is 7.05. The summed E-state index contributed by atoms with van der Waals surface area (Å²) in [6.07, 6.45) is 2.01. The fourth-order valence-electron chi connectivity index (χ4n) is 2.08. The minimum Gasteiger partial charge on any atom is -0.302 e. The van der Waals surface area contributed by atoms with Crippen LogP contribution in [0.1, 0.15) is 11.3 Å². The Labute approximate surface area is 146 Å². The molecular formula is C17H14BrN3OS. The van der Waals surface area contributed by atoms with E-state index in [9.17, 15) is 4.79 Å². The van der Waals surface area contributed by atoms with Crippen LogP contribution < -0.4 is 5.32 Å². The molecule has 0 saturated heterocycles. The molecule has 3 aromatic rings. The van der Waals surface area contributed by atoms with Gasteiger partial charge in [0.1, 0.15) is 0 Å². The van der Waals surface area contributed by atoms with E-state index in [1.165, 1.54) is 11.3 Å². The van der Waals surface area contributed by atoms with Crippen LogP contribution in [0.3, 0.4) is 0 Å². The molecule has 2 aromatic heterocycles. The topological polar surface area (TPSA) is 54.9 Å². The average molecular weight is 388 g/mol. The summed E-state index contributed by atoms with van der Waals surface area (Å²) in [5, 5.41) is 3.43. The van der Waals surface area contributed by atoms with Crippen molar-refractivity contribution in [3.05, 3.63) is 63.7 Å². The third-order valence-corrected chi connectivity index (χ3v) is 4.84. The van der Waals surface area contributed by atoms with E-state index in [0.717, 1.165) is 26.3 Å². The number of carbonyl (C=O) groups excluding carboxylic acids is 1. The lowest BCUT2D eigenvalue weighted by Gasteiger charge is -2.02. The molecule has 6 heteroatoms. The van der Waals surface area contributed by atoms with Crippen LogP contribution in [0.15, 0.2) is 52.4 Å². The van der Waals surface area contributed by atoms with E-state index in [-0.39, 0.29) is 12.3 Å². The van der Waals surface area contributed by atoms with E-state index < -0.39 is 0 Å². The molecule has 3 rings (SSSR count). The number of hydrogen-bond donors (Lipinski definition) is 1. The lowest BCUT2D eigenvalue weighted by Crippen LogP contribution is -2.14. The van der Waals surface area contributed by atoms with E-state index in [4.69, 9.17) is 0 Å². The number of benzene rings is 1. The maximum Gasteiger partial charge on any atom is 0.230 e. The van der Waals surface area contributed by atoms with Gasteiger partial charge in [-0.3, -0.25) is 9.78 Å². The van der Waals surface area contributed by atoms with Gasteiger partial charge >= 0.3 is 0 Å². The molecule has 1 aromatic carbocycles. The lowest BCUT2D eigenvalue weighted by atomic mass is 10.2. The molecule has 0 saturated carbocycles. The lowest BCUT2D eigenvalue weighted by molar-refractivity contribution is -0.115. The van der Waals surface area contributed by atoms with Gasteiger partial charge in [-0.05, 0) is 34.5 Å². The van der Waals surface area contributed by atoms with Crippen LogP contribution in [0.4, 0.5) is 5.13 Å². The summed E-state index contributed by atoms with van der Waals surface area (Å²) in [5.74, 6) is -0.100. The van der Waals surface area contributed by atoms with Gasteiger partial charge in [-0.15, -0.1) is 0 Å². The van der Waals surface area contributed by atoms with Crippen molar-refractivity contribution in [3.63, 3.8) is 0 Å². The van der Waals surface area contributed by atoms with E-state index in [2.05, 4.69) is 31.2 Å². The van der Waals surface area contributed by atoms with Gasteiger partial charge in [-0.25, -0.2) is 4.98 Å². The van der Waals surface area contributed by atoms with Crippen LogP contribution >= 0.6 is 27.3 Å². The number of pyridine rings is 1. The molecule has 2 heterocycles. The van der Waals surface area contributed by atoms with Crippen LogP contribution in [0, 0.1) is 6.92 Å². The summed E-state index contributed by atoms with van der Waals surface area (Å²) < 4.78 is 0.899. The zero-order chi connectivity index (χ0) is 16.2. The first-order chi connectivity index (χ1) is 11.1. The first-order valence-corrected chi connectivity index (χ1v) is 8.66. The summed E-state index contributed by atoms with van der Waals surface area (Å²) in [4.78, 5) is 20.8. The fraction of sp³-hybridized carbons (Fsp3) is 0.118. The van der Waals surface area contributed by atoms with Gasteiger partial charge in [0.25, 0.3) is 0 Å². The average Bonchev–Trinajstić information content (AvgIpc) is 2.91. The summed E-state index contributed by atoms with van der Waals surface area (Å²) >= 11 is 4.92. The number of nitrogens with one attached hydrogen (secondary N) is 1. The van der Waals surface area contributed by atoms with Gasteiger partial charge in [-0.1, -0.05) is 47.7 Å². The van der Waals surface area contributed by atoms with Gasteiger partial charge in [-0.2, -0.15) is 0 Å². The van der Waals surface area contributed by atoms with Crippen molar-refractivity contribution >= 4 is 38.3 Å². The largest absolute Gasteiger partial charge is 0.302 e. The molecular weight excluding hydrogens is 374 g/mol. The van der Waals surface area contributed by atoms with E-state index in [0.29, 0.717) is 5.13 Å². The van der Waals surface area contributed by atoms with Crippen molar-refractivity contribution < 1.29 is 4.79 Å². The van der Waals surface area contributed by atoms with Crippen LogP contribution in [0.2, 0.25) is 0 Å². The quantitative estimate of drug-likeness (QED) is 0.718. The highest BCUT2D eigenvalue weighted by Gasteiger charge is 2.13. The van der Waals surface area contributed by atoms with Crippen LogP contribution in [-0.4, -0.2) is 15.9 Å². The zero-order valence-corrected chi connectivity index (χ0v) is 14.8. The summed E-state index contributed by atoms with van der Waals surface area (Å²) in [6.45, 7) is 1.92. The van der Waals surface area contributed by atoms with Crippen molar-refractivity contribution in [3.8, 4) is 11.3 Å². The minimum atomic E-state index is -0.100. The smallest absolute Gasteiger partial charge is 0.230 e. The highest BCUT2D eigenvalue weighted by molar-refractivity contribution is 9.11. The molecule has 0 unspecified atom stereocenters. The van der Waals surface area contributed by atoms with Crippen LogP contribution in [-0.2, 0) is 11.2 Å². The highest BCUT2D eigenvalue weighted by atomic mass is 79.9. The molecule has 0 aliphatic rings. The number of carbonyl (C=O) groups is 1. The Morgan fingerprint density at radius 3 is 2.70 bits per heavy atom. The van der Waals surface area contributed by atoms with E-state index >= 15 is 0 Å². The van der Waals surface area contributed by atoms with Crippen LogP contribution in [0.25, 0.3) is 11.3 Å². The summed E-state index contributed by atoms with van der Waals surface area (Å²) in [7, 11) is 0. The second-order valence-electron chi connectivity index (χ2n) is 5.04. The van der Waals surface area contributed by atoms with Crippen molar-refractivity contribution in [2.24, 2.45) is 0 Å². The number of thiazole rings is 1. The standard InChI is InChI=1S/C17H14BrN3OS/c1-11-7-8-12(10-19-11)9-14(22)20-17-21-15(16(18)23-17)13-5-3-2-4-6-13/h2-8,10H,9H2,1H3,(H,20,21,22). The van der Waals surface area contributed by atoms with Gasteiger partial charge < -0.3 is 5.32 Å². The Morgan fingerprint density at radius 2 is 2.00 bits per heavy atom. The van der Waals surface area contributed by atoms with Gasteiger partial charge in [0.05, 0.1) is 15.9 Å². The number of halogens is 1. The minimum absolute atomic E-state index is 0.100. The zero-order valence-electron chi connectivity index (χ0n) is 12.4. The van der Waals surface area contributed by atoms with Gasteiger partial charge in [0, 0.05) is 17.5 Å². The Morgan fingerprint density at radius 1 is 1.22 bits per heavy atom. The molecule has 0 fully saturated rings. The van der Waals surface area contributed by atoms with Crippen molar-refractivity contribution in [2.45, 2.75) is 13.3 Å². The fourth-order valence-corrected chi connectivity index (χ4v) is 3.59. The second-order valence-corrected chi connectivity index (χ2v) is 7.36. The molecule has 23 heavy (non-hydrogen) atoms. The molecule has 4 nitrogen and oxygen atoms in total. The number of aromatic nitrogens is 2. The predicted octanol–water partition coefficient (Wildman–Crippen LogP) is 4.46. The Balaban J connectivity index is 1.71. The highest BCUT2D eigenvalue weighted by Crippen LogP contribution is 2.35. The molecule has 0 bridgehead atoms. The SMILES string of the molecule is Cc1ccc(CC(=O)Nc2nc(-c3ccccc3)c(Br)s2)cn1. The Bertz CT molecular complexity index is 816. The summed E-state index contributed by atoms with van der Waals surface area (Å²) in [6, 6.07) is 13.7. The Kier molecular flexibility index (Phi) is 4.83. The third kappa shape index (κ3) is 4.03. The maximum absolute atomic E-state index is 12.1. The molecule has 1 amide bonds. The normalized spacial score (nSPS) is 10.5. The van der Waals surface area contributed by atoms with E-state index in [1.54, 1.807) is 6.20 Å². The van der Waals surface area contributed by atoms with Crippen molar-refractivity contribution in [1.82, 2.24) is 9.97 Å². The number of amides is 1. The van der Waals surface area contributed by atoms with Crippen molar-refractivity contribution in [1.29, 1.82) is 0 Å². The molecule has 116 valence electrons. The number of aryl methyl sites for hydroxylation is 1. The number of anilines is 1. The van der Waals surface area contributed by atoms with Crippen LogP contribution in [0.5, 0.6) is 0 Å². The maximum atomic E-state index is 12.1. The molecule has 0 spiro atoms. The third-order valence-electron chi connectivity index (χ3n) is 3.22. The van der Waals surface area contributed by atoms with Gasteiger partial charge in [0.15, 0.2) is 5.13 Å². The van der Waals surface area contributed by atoms with Crippen molar-refractivity contribution in [2.75, 3.05) is 5.32 Å². The Hall–Kier alpha value is -2.05. The molecule has 0 aliphatic carbocycles. The molecule has 1 N–H and O–H groups in total. The summed E-state index contributed by atoms with van der Waals surface area (Å²) in [5.41, 5.74) is 3.67. The predicted molar refractivity (Wildman–Crippen MR) is 96.6 cm³/mol. The first kappa shape index (κ1) is 15.8. The molecule has 0 atom stereocenters.